The molecule has 0 aliphatic carbocycles. The molecule has 3 aromatic rings. The zero-order valence-electron chi connectivity index (χ0n) is 13.1. The maximum absolute atomic E-state index is 13.0. The van der Waals surface area contributed by atoms with E-state index in [1.165, 1.54) is 24.4 Å². The summed E-state index contributed by atoms with van der Waals surface area (Å²) in [5.41, 5.74) is 3.12. The molecular formula is C19H14FN3O2. The van der Waals surface area contributed by atoms with Gasteiger partial charge in [-0.3, -0.25) is 9.59 Å². The fourth-order valence-corrected chi connectivity index (χ4v) is 2.32. The first kappa shape index (κ1) is 16.3. The quantitative estimate of drug-likeness (QED) is 0.439. The van der Waals surface area contributed by atoms with E-state index in [1.54, 1.807) is 18.2 Å². The van der Waals surface area contributed by atoms with Crippen molar-refractivity contribution in [2.45, 2.75) is 0 Å². The van der Waals surface area contributed by atoms with Gasteiger partial charge < -0.3 is 5.32 Å². The third kappa shape index (κ3) is 4.06. The van der Waals surface area contributed by atoms with Crippen LogP contribution < -0.4 is 10.7 Å². The van der Waals surface area contributed by atoms with Crippen LogP contribution >= 0.6 is 0 Å². The highest BCUT2D eigenvalue weighted by Gasteiger charge is 2.14. The van der Waals surface area contributed by atoms with Gasteiger partial charge in [0.2, 0.25) is 0 Å². The van der Waals surface area contributed by atoms with Crippen LogP contribution in [-0.2, 0) is 9.59 Å². The number of carbonyl (C=O) groups excluding carboxylic acids is 2. The molecule has 0 unspecified atom stereocenters. The van der Waals surface area contributed by atoms with Gasteiger partial charge in [-0.25, -0.2) is 9.82 Å². The molecule has 0 bridgehead atoms. The molecule has 0 aromatic heterocycles. The van der Waals surface area contributed by atoms with Gasteiger partial charge in [-0.2, -0.15) is 5.10 Å². The SMILES string of the molecule is O=C(NN=Cc1cccc(F)c1)C(=O)Nc1cccc2ccccc12. The standard InChI is InChI=1S/C19H14FN3O2/c20-15-8-3-5-13(11-15)12-21-23-19(25)18(24)22-17-10-4-7-14-6-1-2-9-16(14)17/h1-12H,(H,22,24)(H,23,25). The Hall–Kier alpha value is -3.54. The summed E-state index contributed by atoms with van der Waals surface area (Å²) in [6.07, 6.45) is 1.26. The average Bonchev–Trinajstić information content (AvgIpc) is 2.62. The molecule has 0 radical (unpaired) electrons. The predicted molar refractivity (Wildman–Crippen MR) is 94.7 cm³/mol. The number of hydrogen-bond acceptors (Lipinski definition) is 3. The lowest BCUT2D eigenvalue weighted by molar-refractivity contribution is -0.136. The number of anilines is 1. The minimum Gasteiger partial charge on any atom is -0.317 e. The van der Waals surface area contributed by atoms with Crippen LogP contribution in [0.3, 0.4) is 0 Å². The molecule has 0 fully saturated rings. The van der Waals surface area contributed by atoms with E-state index in [9.17, 15) is 14.0 Å². The summed E-state index contributed by atoms with van der Waals surface area (Å²) in [5, 5.41) is 7.99. The van der Waals surface area contributed by atoms with Gasteiger partial charge in [0.15, 0.2) is 0 Å². The van der Waals surface area contributed by atoms with Gasteiger partial charge >= 0.3 is 11.8 Å². The van der Waals surface area contributed by atoms with Crippen molar-refractivity contribution in [2.75, 3.05) is 5.32 Å². The molecule has 2 amide bonds. The van der Waals surface area contributed by atoms with Gasteiger partial charge in [-0.1, -0.05) is 48.5 Å². The molecule has 3 aromatic carbocycles. The fourth-order valence-electron chi connectivity index (χ4n) is 2.32. The highest BCUT2D eigenvalue weighted by Crippen LogP contribution is 2.22. The lowest BCUT2D eigenvalue weighted by atomic mass is 10.1. The number of hydrazone groups is 1. The minimum absolute atomic E-state index is 0.413. The maximum Gasteiger partial charge on any atom is 0.329 e. The Balaban J connectivity index is 1.65. The first-order valence-electron chi connectivity index (χ1n) is 7.51. The molecule has 5 nitrogen and oxygen atoms in total. The third-order valence-corrected chi connectivity index (χ3v) is 3.47. The molecule has 2 N–H and O–H groups in total. The largest absolute Gasteiger partial charge is 0.329 e. The van der Waals surface area contributed by atoms with Crippen LogP contribution in [0.2, 0.25) is 0 Å². The van der Waals surface area contributed by atoms with Crippen molar-refractivity contribution < 1.29 is 14.0 Å². The number of fused-ring (bicyclic) bond motifs is 1. The Bertz CT molecular complexity index is 964. The van der Waals surface area contributed by atoms with E-state index in [-0.39, 0.29) is 0 Å². The van der Waals surface area contributed by atoms with Crippen LogP contribution in [0.15, 0.2) is 71.8 Å². The summed E-state index contributed by atoms with van der Waals surface area (Å²) in [4.78, 5) is 23.8. The second-order valence-corrected chi connectivity index (χ2v) is 5.23. The number of hydrogen-bond donors (Lipinski definition) is 2. The summed E-state index contributed by atoms with van der Waals surface area (Å²) in [7, 11) is 0. The van der Waals surface area contributed by atoms with Crippen molar-refractivity contribution in [3.05, 3.63) is 78.1 Å². The van der Waals surface area contributed by atoms with Crippen molar-refractivity contribution in [1.29, 1.82) is 0 Å². The Kier molecular flexibility index (Phi) is 4.80. The second kappa shape index (κ2) is 7.35. The first-order chi connectivity index (χ1) is 12.1. The molecule has 0 aliphatic rings. The molecule has 124 valence electrons. The lowest BCUT2D eigenvalue weighted by Gasteiger charge is -2.07. The van der Waals surface area contributed by atoms with Crippen molar-refractivity contribution in [1.82, 2.24) is 5.43 Å². The summed E-state index contributed by atoms with van der Waals surface area (Å²) >= 11 is 0. The molecule has 0 spiro atoms. The van der Waals surface area contributed by atoms with Crippen LogP contribution in [0.4, 0.5) is 10.1 Å². The average molecular weight is 335 g/mol. The Morgan fingerprint density at radius 3 is 2.52 bits per heavy atom. The van der Waals surface area contributed by atoms with Crippen LogP contribution in [-0.4, -0.2) is 18.0 Å². The number of halogens is 1. The van der Waals surface area contributed by atoms with E-state index in [1.807, 2.05) is 30.3 Å². The fraction of sp³-hybridized carbons (Fsp3) is 0. The third-order valence-electron chi connectivity index (χ3n) is 3.47. The number of amides is 2. The number of nitrogens with one attached hydrogen (secondary N) is 2. The summed E-state index contributed by atoms with van der Waals surface area (Å²) in [5.74, 6) is -2.17. The van der Waals surface area contributed by atoms with Crippen LogP contribution in [0.5, 0.6) is 0 Å². The van der Waals surface area contributed by atoms with E-state index in [0.717, 1.165) is 10.8 Å². The van der Waals surface area contributed by atoms with Gasteiger partial charge in [0.05, 0.1) is 6.21 Å². The topological polar surface area (TPSA) is 70.6 Å². The summed E-state index contributed by atoms with van der Waals surface area (Å²) < 4.78 is 13.0. The summed E-state index contributed by atoms with van der Waals surface area (Å²) in [6.45, 7) is 0. The molecule has 0 atom stereocenters. The van der Waals surface area contributed by atoms with E-state index in [0.29, 0.717) is 11.3 Å². The predicted octanol–water partition coefficient (Wildman–Crippen LogP) is 3.07. The molecule has 3 rings (SSSR count). The smallest absolute Gasteiger partial charge is 0.317 e. The molecule has 0 aliphatic heterocycles. The molecule has 6 heteroatoms. The number of benzene rings is 3. The van der Waals surface area contributed by atoms with Crippen molar-refractivity contribution in [3.8, 4) is 0 Å². The van der Waals surface area contributed by atoms with Crippen molar-refractivity contribution in [3.63, 3.8) is 0 Å². The van der Waals surface area contributed by atoms with Gasteiger partial charge in [0.25, 0.3) is 0 Å². The van der Waals surface area contributed by atoms with Gasteiger partial charge in [-0.05, 0) is 29.1 Å². The molecular weight excluding hydrogens is 321 g/mol. The van der Waals surface area contributed by atoms with E-state index < -0.39 is 17.6 Å². The Morgan fingerprint density at radius 2 is 1.68 bits per heavy atom. The highest BCUT2D eigenvalue weighted by molar-refractivity contribution is 6.40. The normalized spacial score (nSPS) is 10.8. The van der Waals surface area contributed by atoms with Crippen LogP contribution in [0.25, 0.3) is 10.8 Å². The van der Waals surface area contributed by atoms with Crippen LogP contribution in [0, 0.1) is 5.82 Å². The van der Waals surface area contributed by atoms with Crippen molar-refractivity contribution >= 4 is 34.5 Å². The maximum atomic E-state index is 13.0. The zero-order chi connectivity index (χ0) is 17.6. The van der Waals surface area contributed by atoms with E-state index >= 15 is 0 Å². The zero-order valence-corrected chi connectivity index (χ0v) is 13.1. The Morgan fingerprint density at radius 1 is 0.920 bits per heavy atom. The summed E-state index contributed by atoms with van der Waals surface area (Å²) in [6, 6.07) is 18.6. The Labute approximate surface area is 143 Å². The monoisotopic (exact) mass is 335 g/mol. The van der Waals surface area contributed by atoms with Gasteiger partial charge in [0, 0.05) is 11.1 Å². The molecule has 0 saturated carbocycles. The molecule has 25 heavy (non-hydrogen) atoms. The minimum atomic E-state index is -0.916. The first-order valence-corrected chi connectivity index (χ1v) is 7.51. The van der Waals surface area contributed by atoms with Gasteiger partial charge in [0.1, 0.15) is 5.82 Å². The number of carbonyl (C=O) groups is 2. The van der Waals surface area contributed by atoms with E-state index in [2.05, 4.69) is 15.8 Å². The number of nitrogens with zero attached hydrogens (tertiary/aromatic N) is 1. The van der Waals surface area contributed by atoms with Gasteiger partial charge in [-0.15, -0.1) is 0 Å². The lowest BCUT2D eigenvalue weighted by Crippen LogP contribution is -2.32. The second-order valence-electron chi connectivity index (χ2n) is 5.23. The van der Waals surface area contributed by atoms with Crippen molar-refractivity contribution in [2.24, 2.45) is 5.10 Å². The molecule has 0 saturated heterocycles. The number of rotatable bonds is 3. The van der Waals surface area contributed by atoms with Crippen LogP contribution in [0.1, 0.15) is 5.56 Å². The van der Waals surface area contributed by atoms with E-state index in [4.69, 9.17) is 0 Å². The molecule has 0 heterocycles. The highest BCUT2D eigenvalue weighted by atomic mass is 19.1.